The smallest absolute Gasteiger partial charge is 0.253 e. The molecule has 1 saturated heterocycles. The number of allylic oxidation sites excluding steroid dienone is 6. The Balaban J connectivity index is 0.00000129. The molecule has 4 heteroatoms. The molecule has 1 heterocycles. The molecule has 2 aliphatic rings. The number of hydrogen-bond donors (Lipinski definition) is 1. The van der Waals surface area contributed by atoms with Gasteiger partial charge in [0.1, 0.15) is 5.76 Å². The van der Waals surface area contributed by atoms with Gasteiger partial charge in [0.25, 0.3) is 5.91 Å². The lowest BCUT2D eigenvalue weighted by Crippen LogP contribution is -2.30. The Labute approximate surface area is 201 Å². The van der Waals surface area contributed by atoms with Gasteiger partial charge in [-0.05, 0) is 68.4 Å². The molecule has 1 aliphatic heterocycles. The van der Waals surface area contributed by atoms with Crippen LogP contribution in [-0.2, 0) is 4.74 Å². The van der Waals surface area contributed by atoms with E-state index in [-0.39, 0.29) is 11.7 Å². The van der Waals surface area contributed by atoms with Crippen LogP contribution in [0.3, 0.4) is 0 Å². The molecule has 0 aromatic heterocycles. The second-order valence-electron chi connectivity index (χ2n) is 7.42. The highest BCUT2D eigenvalue weighted by Crippen LogP contribution is 2.33. The van der Waals surface area contributed by atoms with Gasteiger partial charge in [0.15, 0.2) is 0 Å². The fraction of sp³-hybridized carbons (Fsp3) is 0.483. The van der Waals surface area contributed by atoms with E-state index in [2.05, 4.69) is 12.2 Å². The van der Waals surface area contributed by atoms with Crippen LogP contribution in [0, 0.1) is 5.92 Å². The molecule has 0 atom stereocenters. The first-order valence-corrected chi connectivity index (χ1v) is 12.6. The highest BCUT2D eigenvalue weighted by molar-refractivity contribution is 5.95. The maximum atomic E-state index is 12.6. The van der Waals surface area contributed by atoms with E-state index in [9.17, 15) is 9.90 Å². The molecule has 0 saturated carbocycles. The first-order valence-electron chi connectivity index (χ1n) is 12.6. The van der Waals surface area contributed by atoms with E-state index in [0.29, 0.717) is 24.6 Å². The zero-order chi connectivity index (χ0) is 24.6. The van der Waals surface area contributed by atoms with Gasteiger partial charge in [-0.25, -0.2) is 0 Å². The quantitative estimate of drug-likeness (QED) is 0.489. The van der Waals surface area contributed by atoms with Crippen molar-refractivity contribution in [2.45, 2.75) is 60.8 Å². The lowest BCUT2D eigenvalue weighted by atomic mass is 9.89. The van der Waals surface area contributed by atoms with Crippen molar-refractivity contribution in [1.29, 1.82) is 0 Å². The summed E-state index contributed by atoms with van der Waals surface area (Å²) >= 11 is 0. The van der Waals surface area contributed by atoms with Crippen molar-refractivity contribution in [3.05, 3.63) is 77.1 Å². The third-order valence-corrected chi connectivity index (χ3v) is 5.58. The predicted molar refractivity (Wildman–Crippen MR) is 140 cm³/mol. The van der Waals surface area contributed by atoms with E-state index in [4.69, 9.17) is 4.74 Å². The van der Waals surface area contributed by atoms with E-state index in [0.717, 1.165) is 49.2 Å². The van der Waals surface area contributed by atoms with Gasteiger partial charge in [0.2, 0.25) is 0 Å². The van der Waals surface area contributed by atoms with E-state index >= 15 is 0 Å². The summed E-state index contributed by atoms with van der Waals surface area (Å²) in [6, 6.07) is 7.77. The number of aliphatic hydroxyl groups excluding tert-OH is 1. The third-order valence-electron chi connectivity index (χ3n) is 5.58. The van der Waals surface area contributed by atoms with E-state index in [1.165, 1.54) is 0 Å². The molecule has 1 amide bonds. The van der Waals surface area contributed by atoms with Crippen molar-refractivity contribution >= 4 is 11.5 Å². The first-order chi connectivity index (χ1) is 16.1. The lowest BCUT2D eigenvalue weighted by molar-refractivity contribution is 0.0772. The summed E-state index contributed by atoms with van der Waals surface area (Å²) in [6.07, 6.45) is 12.7. The topological polar surface area (TPSA) is 49.8 Å². The van der Waals surface area contributed by atoms with Crippen LogP contribution in [0.25, 0.3) is 5.57 Å². The second kappa shape index (κ2) is 16.1. The molecule has 1 aliphatic carbocycles. The maximum Gasteiger partial charge on any atom is 0.253 e. The summed E-state index contributed by atoms with van der Waals surface area (Å²) in [5.74, 6) is 0.748. The molecule has 0 unspecified atom stereocenters. The summed E-state index contributed by atoms with van der Waals surface area (Å²) in [4.78, 5) is 14.5. The Hall–Kier alpha value is -2.59. The largest absolute Gasteiger partial charge is 0.507 e. The Kier molecular flexibility index (Phi) is 13.9. The molecule has 1 N–H and O–H groups in total. The molecule has 3 rings (SSSR count). The molecular formula is C29H43NO3. The zero-order valence-corrected chi connectivity index (χ0v) is 21.4. The molecule has 0 bridgehead atoms. The average Bonchev–Trinajstić information content (AvgIpc) is 3.10. The van der Waals surface area contributed by atoms with E-state index in [1.54, 1.807) is 6.08 Å². The minimum atomic E-state index is 0.0529. The molecule has 1 fully saturated rings. The van der Waals surface area contributed by atoms with Crippen LogP contribution in [0.5, 0.6) is 0 Å². The lowest BCUT2D eigenvalue weighted by Gasteiger charge is -2.22. The Morgan fingerprint density at radius 1 is 1.03 bits per heavy atom. The van der Waals surface area contributed by atoms with Crippen molar-refractivity contribution < 1.29 is 14.6 Å². The number of benzene rings is 1. The van der Waals surface area contributed by atoms with Crippen LogP contribution in [0.2, 0.25) is 0 Å². The average molecular weight is 454 g/mol. The fourth-order valence-electron chi connectivity index (χ4n) is 3.81. The van der Waals surface area contributed by atoms with Gasteiger partial charge in [-0.15, -0.1) is 0 Å². The summed E-state index contributed by atoms with van der Waals surface area (Å²) in [5.41, 5.74) is 3.58. The van der Waals surface area contributed by atoms with Crippen molar-refractivity contribution in [1.82, 2.24) is 4.90 Å². The number of nitrogens with zero attached hydrogens (tertiary/aromatic N) is 1. The molecule has 0 spiro atoms. The number of hydrogen-bond acceptors (Lipinski definition) is 3. The monoisotopic (exact) mass is 453 g/mol. The van der Waals surface area contributed by atoms with Crippen molar-refractivity contribution in [3.63, 3.8) is 0 Å². The van der Waals surface area contributed by atoms with Crippen LogP contribution in [0.4, 0.5) is 0 Å². The molecule has 182 valence electrons. The number of rotatable bonds is 6. The van der Waals surface area contributed by atoms with Crippen LogP contribution in [0.15, 0.2) is 66.0 Å². The van der Waals surface area contributed by atoms with Crippen LogP contribution >= 0.6 is 0 Å². The van der Waals surface area contributed by atoms with E-state index < -0.39 is 0 Å². The Morgan fingerprint density at radius 2 is 1.61 bits per heavy atom. The minimum absolute atomic E-state index is 0.0529. The molecule has 0 radical (unpaired) electrons. The number of carbonyl (C=O) groups is 1. The number of amides is 1. The number of ether oxygens (including phenoxy) is 1. The van der Waals surface area contributed by atoms with Crippen LogP contribution in [0.1, 0.15) is 76.7 Å². The van der Waals surface area contributed by atoms with Gasteiger partial charge in [-0.3, -0.25) is 4.79 Å². The zero-order valence-electron chi connectivity index (χ0n) is 21.4. The third kappa shape index (κ3) is 8.36. The van der Waals surface area contributed by atoms with Crippen LogP contribution in [-0.4, -0.2) is 42.2 Å². The predicted octanol–water partition coefficient (Wildman–Crippen LogP) is 7.36. The van der Waals surface area contributed by atoms with Gasteiger partial charge < -0.3 is 14.7 Å². The highest BCUT2D eigenvalue weighted by Gasteiger charge is 2.19. The Bertz CT molecular complexity index is 821. The molecular weight excluding hydrogens is 410 g/mol. The van der Waals surface area contributed by atoms with Gasteiger partial charge >= 0.3 is 0 Å². The van der Waals surface area contributed by atoms with Crippen LogP contribution < -0.4 is 0 Å². The summed E-state index contributed by atoms with van der Waals surface area (Å²) in [6.45, 7) is 14.9. The minimum Gasteiger partial charge on any atom is -0.507 e. The number of aliphatic hydroxyl groups is 1. The molecule has 33 heavy (non-hydrogen) atoms. The molecule has 1 aromatic carbocycles. The van der Waals surface area contributed by atoms with Gasteiger partial charge in [-0.1, -0.05) is 64.1 Å². The van der Waals surface area contributed by atoms with Gasteiger partial charge in [0, 0.05) is 37.4 Å². The highest BCUT2D eigenvalue weighted by atomic mass is 16.5. The number of carbonyl (C=O) groups excluding carboxylic acids is 1. The standard InChI is InChI=1S/C25H31NO3.2C2H6/c1-3-26(4-2)25(28)21-12-10-20(11-13-21)23(18-19-14-16-29-17-15-19)22-8-6-5-7-9-24(22)27;2*1-2/h5,7-13,18-19,27H,3-4,6,14-17H2,1-2H3;2*1-2H3/b23-18-;;. The normalized spacial score (nSPS) is 16.2. The molecule has 4 nitrogen and oxygen atoms in total. The van der Waals surface area contributed by atoms with Gasteiger partial charge in [0.05, 0.1) is 0 Å². The van der Waals surface area contributed by atoms with Crippen molar-refractivity contribution in [2.24, 2.45) is 5.92 Å². The first kappa shape index (κ1) is 28.4. The molecule has 1 aromatic rings. The van der Waals surface area contributed by atoms with E-state index in [1.807, 2.05) is 82.9 Å². The SMILES string of the molecule is CC.CC.CCN(CC)C(=O)c1ccc(/C(=C/C2CCOCC2)C2=CCC=CC=C2O)cc1. The Morgan fingerprint density at radius 3 is 2.18 bits per heavy atom. The summed E-state index contributed by atoms with van der Waals surface area (Å²) in [5, 5.41) is 10.6. The fourth-order valence-corrected chi connectivity index (χ4v) is 3.81. The second-order valence-corrected chi connectivity index (χ2v) is 7.42. The van der Waals surface area contributed by atoms with Crippen molar-refractivity contribution in [3.8, 4) is 0 Å². The summed E-state index contributed by atoms with van der Waals surface area (Å²) < 4.78 is 5.50. The maximum absolute atomic E-state index is 12.6. The van der Waals surface area contributed by atoms with Gasteiger partial charge in [-0.2, -0.15) is 0 Å². The van der Waals surface area contributed by atoms with Crippen molar-refractivity contribution in [2.75, 3.05) is 26.3 Å². The summed E-state index contributed by atoms with van der Waals surface area (Å²) in [7, 11) is 0.